The van der Waals surface area contributed by atoms with Crippen LogP contribution in [0.25, 0.3) is 0 Å². The molecule has 7 heteroatoms. The van der Waals surface area contributed by atoms with Gasteiger partial charge in [0.1, 0.15) is 11.0 Å². The van der Waals surface area contributed by atoms with Crippen LogP contribution >= 0.6 is 27.5 Å². The lowest BCUT2D eigenvalue weighted by Gasteiger charge is -2.10. The average Bonchev–Trinajstić information content (AvgIpc) is 2.37. The fourth-order valence-electron chi connectivity index (χ4n) is 1.44. The minimum Gasteiger partial charge on any atom is -0.397 e. The van der Waals surface area contributed by atoms with E-state index in [1.165, 1.54) is 24.4 Å². The number of nitrogens with one attached hydrogen (secondary N) is 1. The van der Waals surface area contributed by atoms with Crippen molar-refractivity contribution in [3.05, 3.63) is 51.5 Å². The molecule has 0 aliphatic rings. The maximum Gasteiger partial charge on any atom is 0.258 e. The lowest BCUT2D eigenvalue weighted by molar-refractivity contribution is 0.102. The van der Waals surface area contributed by atoms with E-state index in [4.69, 9.17) is 17.3 Å². The molecule has 1 amide bonds. The molecule has 2 rings (SSSR count). The van der Waals surface area contributed by atoms with Gasteiger partial charge in [-0.25, -0.2) is 9.37 Å². The fourth-order valence-corrected chi connectivity index (χ4v) is 2.03. The number of carbonyl (C=O) groups is 1. The zero-order chi connectivity index (χ0) is 14.0. The molecule has 0 saturated carbocycles. The Morgan fingerprint density at radius 3 is 2.89 bits per heavy atom. The van der Waals surface area contributed by atoms with Crippen LogP contribution in [-0.4, -0.2) is 10.9 Å². The second kappa shape index (κ2) is 5.54. The van der Waals surface area contributed by atoms with Gasteiger partial charge in [-0.1, -0.05) is 17.7 Å². The number of hydrogen-bond donors (Lipinski definition) is 2. The lowest BCUT2D eigenvalue weighted by Crippen LogP contribution is -2.15. The van der Waals surface area contributed by atoms with Gasteiger partial charge in [-0.3, -0.25) is 4.79 Å². The van der Waals surface area contributed by atoms with Crippen LogP contribution in [0.5, 0.6) is 0 Å². The maximum atomic E-state index is 13.6. The van der Waals surface area contributed by atoms with Gasteiger partial charge in [0.15, 0.2) is 0 Å². The third-order valence-electron chi connectivity index (χ3n) is 2.35. The summed E-state index contributed by atoms with van der Waals surface area (Å²) in [5.74, 6) is -1.12. The molecule has 0 aliphatic carbocycles. The van der Waals surface area contributed by atoms with Gasteiger partial charge >= 0.3 is 0 Å². The van der Waals surface area contributed by atoms with Gasteiger partial charge in [0.25, 0.3) is 5.91 Å². The fraction of sp³-hybridized carbons (Fsp3) is 0. The number of para-hydroxylation sites is 1. The second-order valence-electron chi connectivity index (χ2n) is 3.65. The van der Waals surface area contributed by atoms with E-state index >= 15 is 0 Å². The molecule has 0 unspecified atom stereocenters. The highest BCUT2D eigenvalue weighted by molar-refractivity contribution is 9.10. The molecule has 1 heterocycles. The molecule has 2 aromatic rings. The van der Waals surface area contributed by atoms with Gasteiger partial charge in [-0.05, 0) is 34.1 Å². The molecule has 4 nitrogen and oxygen atoms in total. The van der Waals surface area contributed by atoms with Crippen LogP contribution < -0.4 is 11.1 Å². The summed E-state index contributed by atoms with van der Waals surface area (Å²) in [5, 5.41) is 2.57. The Bertz CT molecular complexity index is 631. The summed E-state index contributed by atoms with van der Waals surface area (Å²) in [7, 11) is 0. The number of pyridine rings is 1. The highest BCUT2D eigenvalue weighted by atomic mass is 79.9. The summed E-state index contributed by atoms with van der Waals surface area (Å²) in [5.41, 5.74) is 5.97. The number of amides is 1. The van der Waals surface area contributed by atoms with Crippen molar-refractivity contribution in [2.45, 2.75) is 0 Å². The highest BCUT2D eigenvalue weighted by Gasteiger charge is 2.15. The molecule has 1 aromatic carbocycles. The molecule has 19 heavy (non-hydrogen) atoms. The van der Waals surface area contributed by atoms with Crippen molar-refractivity contribution in [1.29, 1.82) is 0 Å². The number of nitrogens with two attached hydrogens (primary N) is 1. The number of rotatable bonds is 2. The number of benzene rings is 1. The van der Waals surface area contributed by atoms with E-state index in [2.05, 4.69) is 26.2 Å². The highest BCUT2D eigenvalue weighted by Crippen LogP contribution is 2.26. The van der Waals surface area contributed by atoms with Crippen molar-refractivity contribution in [1.82, 2.24) is 4.98 Å². The van der Waals surface area contributed by atoms with Crippen molar-refractivity contribution in [2.75, 3.05) is 11.1 Å². The number of carbonyl (C=O) groups excluding carboxylic acids is 1. The Labute approximate surface area is 121 Å². The number of anilines is 2. The molecule has 0 atom stereocenters. The van der Waals surface area contributed by atoms with E-state index in [0.717, 1.165) is 0 Å². The summed E-state index contributed by atoms with van der Waals surface area (Å²) in [6.07, 6.45) is 1.27. The quantitative estimate of drug-likeness (QED) is 0.820. The zero-order valence-corrected chi connectivity index (χ0v) is 11.8. The smallest absolute Gasteiger partial charge is 0.258 e. The molecule has 3 N–H and O–H groups in total. The van der Waals surface area contributed by atoms with E-state index in [-0.39, 0.29) is 22.1 Å². The van der Waals surface area contributed by atoms with E-state index in [1.807, 2.05) is 0 Å². The largest absolute Gasteiger partial charge is 0.397 e. The minimum absolute atomic E-state index is 0.0415. The Morgan fingerprint density at radius 2 is 2.21 bits per heavy atom. The van der Waals surface area contributed by atoms with Gasteiger partial charge in [0.05, 0.1) is 23.1 Å². The third kappa shape index (κ3) is 3.02. The van der Waals surface area contributed by atoms with Gasteiger partial charge in [-0.15, -0.1) is 0 Å². The van der Waals surface area contributed by atoms with Gasteiger partial charge < -0.3 is 11.1 Å². The topological polar surface area (TPSA) is 68.0 Å². The van der Waals surface area contributed by atoms with Crippen molar-refractivity contribution < 1.29 is 9.18 Å². The van der Waals surface area contributed by atoms with Crippen molar-refractivity contribution in [3.8, 4) is 0 Å². The Morgan fingerprint density at radius 1 is 1.47 bits per heavy atom. The normalized spacial score (nSPS) is 10.3. The SMILES string of the molecule is Nc1cnc(Cl)cc1C(=O)Nc1c(F)cccc1Br. The van der Waals surface area contributed by atoms with Crippen LogP contribution in [0.4, 0.5) is 15.8 Å². The molecule has 0 spiro atoms. The standard InChI is InChI=1S/C12H8BrClFN3O/c13-7-2-1-3-8(15)11(7)18-12(19)6-4-10(14)17-5-9(6)16/h1-5H,16H2,(H,18,19). The summed E-state index contributed by atoms with van der Waals surface area (Å²) in [4.78, 5) is 15.8. The van der Waals surface area contributed by atoms with E-state index in [1.54, 1.807) is 6.07 Å². The molecule has 98 valence electrons. The van der Waals surface area contributed by atoms with Gasteiger partial charge in [0, 0.05) is 4.47 Å². The predicted molar refractivity (Wildman–Crippen MR) is 75.7 cm³/mol. The Kier molecular flexibility index (Phi) is 4.01. The predicted octanol–water partition coefficient (Wildman–Crippen LogP) is 3.47. The van der Waals surface area contributed by atoms with Crippen LogP contribution in [0.2, 0.25) is 5.15 Å². The molecule has 0 fully saturated rings. The first-order chi connectivity index (χ1) is 8.99. The molecule has 0 saturated heterocycles. The number of nitrogens with zero attached hydrogens (tertiary/aromatic N) is 1. The van der Waals surface area contributed by atoms with E-state index < -0.39 is 11.7 Å². The Hall–Kier alpha value is -1.66. The first kappa shape index (κ1) is 13.8. The Balaban J connectivity index is 2.34. The van der Waals surface area contributed by atoms with Crippen LogP contribution in [0.15, 0.2) is 34.9 Å². The summed E-state index contributed by atoms with van der Waals surface area (Å²) < 4.78 is 14.0. The van der Waals surface area contributed by atoms with Crippen LogP contribution in [0.3, 0.4) is 0 Å². The average molecular weight is 345 g/mol. The van der Waals surface area contributed by atoms with Crippen LogP contribution in [0.1, 0.15) is 10.4 Å². The second-order valence-corrected chi connectivity index (χ2v) is 4.89. The molecule has 0 radical (unpaired) electrons. The van der Waals surface area contributed by atoms with Crippen molar-refractivity contribution >= 4 is 44.8 Å². The first-order valence-electron chi connectivity index (χ1n) is 5.15. The van der Waals surface area contributed by atoms with Crippen LogP contribution in [0, 0.1) is 5.82 Å². The minimum atomic E-state index is -0.562. The monoisotopic (exact) mass is 343 g/mol. The van der Waals surface area contributed by atoms with Gasteiger partial charge in [0.2, 0.25) is 0 Å². The zero-order valence-electron chi connectivity index (χ0n) is 9.45. The third-order valence-corrected chi connectivity index (χ3v) is 3.21. The molecule has 1 aromatic heterocycles. The summed E-state index contributed by atoms with van der Waals surface area (Å²) in [6, 6.07) is 5.69. The molecule has 0 aliphatic heterocycles. The molecule has 0 bridgehead atoms. The van der Waals surface area contributed by atoms with Gasteiger partial charge in [-0.2, -0.15) is 0 Å². The number of aromatic nitrogens is 1. The number of halogens is 3. The first-order valence-corrected chi connectivity index (χ1v) is 6.32. The summed E-state index contributed by atoms with van der Waals surface area (Å²) >= 11 is 8.85. The number of hydrogen-bond acceptors (Lipinski definition) is 3. The van der Waals surface area contributed by atoms with Crippen molar-refractivity contribution in [2.24, 2.45) is 0 Å². The van der Waals surface area contributed by atoms with Crippen molar-refractivity contribution in [3.63, 3.8) is 0 Å². The molecular formula is C12H8BrClFN3O. The van der Waals surface area contributed by atoms with E-state index in [9.17, 15) is 9.18 Å². The van der Waals surface area contributed by atoms with Crippen LogP contribution in [-0.2, 0) is 0 Å². The summed E-state index contributed by atoms with van der Waals surface area (Å²) in [6.45, 7) is 0. The lowest BCUT2D eigenvalue weighted by atomic mass is 10.2. The van der Waals surface area contributed by atoms with E-state index in [0.29, 0.717) is 4.47 Å². The maximum absolute atomic E-state index is 13.6. The number of nitrogen functional groups attached to an aromatic ring is 1. The molecular weight excluding hydrogens is 337 g/mol.